The Balaban J connectivity index is 2.60. The average molecular weight is 229 g/mol. The lowest BCUT2D eigenvalue weighted by Crippen LogP contribution is -2.41. The highest BCUT2D eigenvalue weighted by atomic mass is 16.5. The van der Waals surface area contributed by atoms with Crippen LogP contribution >= 0.6 is 0 Å². The van der Waals surface area contributed by atoms with E-state index < -0.39 is 11.6 Å². The first-order valence-electron chi connectivity index (χ1n) is 6.13. The van der Waals surface area contributed by atoms with Gasteiger partial charge in [0.25, 0.3) is 0 Å². The summed E-state index contributed by atoms with van der Waals surface area (Å²) in [5.41, 5.74) is -1.26. The highest BCUT2D eigenvalue weighted by Gasteiger charge is 2.39. The minimum Gasteiger partial charge on any atom is -0.464 e. The Morgan fingerprint density at radius 2 is 2.12 bits per heavy atom. The maximum absolute atomic E-state index is 11.7. The number of likely N-dealkylation sites (tertiary alicyclic amines) is 1. The van der Waals surface area contributed by atoms with E-state index in [1.165, 1.54) is 0 Å². The van der Waals surface area contributed by atoms with Crippen LogP contribution in [0.2, 0.25) is 0 Å². The van der Waals surface area contributed by atoms with Gasteiger partial charge in [-0.25, -0.2) is 4.79 Å². The SMILES string of the molecule is CCOC(=O)C1(O)CCCN(C(C)C)CC1. The van der Waals surface area contributed by atoms with Gasteiger partial charge in [0.05, 0.1) is 6.61 Å². The quantitative estimate of drug-likeness (QED) is 0.738. The second-order valence-corrected chi connectivity index (χ2v) is 4.74. The smallest absolute Gasteiger partial charge is 0.338 e. The van der Waals surface area contributed by atoms with E-state index in [1.54, 1.807) is 6.92 Å². The fourth-order valence-corrected chi connectivity index (χ4v) is 2.13. The van der Waals surface area contributed by atoms with E-state index in [9.17, 15) is 9.90 Å². The predicted octanol–water partition coefficient (Wildman–Crippen LogP) is 1.17. The fraction of sp³-hybridized carbons (Fsp3) is 0.917. The van der Waals surface area contributed by atoms with Crippen LogP contribution < -0.4 is 0 Å². The number of ether oxygens (including phenoxy) is 1. The van der Waals surface area contributed by atoms with Crippen LogP contribution in [0.1, 0.15) is 40.0 Å². The third kappa shape index (κ3) is 3.19. The van der Waals surface area contributed by atoms with Crippen molar-refractivity contribution in [2.75, 3.05) is 19.7 Å². The summed E-state index contributed by atoms with van der Waals surface area (Å²) in [7, 11) is 0. The van der Waals surface area contributed by atoms with Crippen molar-refractivity contribution in [3.63, 3.8) is 0 Å². The summed E-state index contributed by atoms with van der Waals surface area (Å²) >= 11 is 0. The highest BCUT2D eigenvalue weighted by Crippen LogP contribution is 2.24. The van der Waals surface area contributed by atoms with Gasteiger partial charge in [0.2, 0.25) is 0 Å². The molecular weight excluding hydrogens is 206 g/mol. The molecule has 1 N–H and O–H groups in total. The fourth-order valence-electron chi connectivity index (χ4n) is 2.13. The molecule has 1 atom stereocenters. The molecule has 0 aromatic heterocycles. The molecule has 94 valence electrons. The summed E-state index contributed by atoms with van der Waals surface area (Å²) in [6.45, 7) is 8.06. The van der Waals surface area contributed by atoms with Crippen LogP contribution in [-0.2, 0) is 9.53 Å². The second kappa shape index (κ2) is 5.64. The summed E-state index contributed by atoms with van der Waals surface area (Å²) in [5.74, 6) is -0.458. The molecule has 0 aromatic carbocycles. The molecule has 1 saturated heterocycles. The lowest BCUT2D eigenvalue weighted by atomic mass is 9.95. The molecular formula is C12H23NO3. The van der Waals surface area contributed by atoms with Gasteiger partial charge in [0.1, 0.15) is 0 Å². The van der Waals surface area contributed by atoms with Gasteiger partial charge in [-0.3, -0.25) is 0 Å². The summed E-state index contributed by atoms with van der Waals surface area (Å²) in [4.78, 5) is 13.9. The van der Waals surface area contributed by atoms with Crippen LogP contribution in [0.15, 0.2) is 0 Å². The van der Waals surface area contributed by atoms with Crippen molar-refractivity contribution in [1.82, 2.24) is 4.90 Å². The number of carbonyl (C=O) groups is 1. The first-order valence-corrected chi connectivity index (χ1v) is 6.13. The molecule has 1 aliphatic rings. The third-order valence-corrected chi connectivity index (χ3v) is 3.23. The summed E-state index contributed by atoms with van der Waals surface area (Å²) in [5, 5.41) is 10.2. The third-order valence-electron chi connectivity index (χ3n) is 3.23. The Bertz CT molecular complexity index is 242. The molecule has 1 fully saturated rings. The van der Waals surface area contributed by atoms with Crippen LogP contribution in [0.5, 0.6) is 0 Å². The van der Waals surface area contributed by atoms with Crippen LogP contribution in [-0.4, -0.2) is 47.3 Å². The van der Waals surface area contributed by atoms with Crippen molar-refractivity contribution in [3.8, 4) is 0 Å². The van der Waals surface area contributed by atoms with Gasteiger partial charge in [-0.1, -0.05) is 0 Å². The molecule has 0 saturated carbocycles. The average Bonchev–Trinajstić information content (AvgIpc) is 2.42. The molecule has 0 amide bonds. The maximum Gasteiger partial charge on any atom is 0.338 e. The summed E-state index contributed by atoms with van der Waals surface area (Å²) in [6, 6.07) is 0.463. The molecule has 0 spiro atoms. The largest absolute Gasteiger partial charge is 0.464 e. The van der Waals surface area contributed by atoms with Gasteiger partial charge in [-0.2, -0.15) is 0 Å². The van der Waals surface area contributed by atoms with E-state index >= 15 is 0 Å². The molecule has 0 radical (unpaired) electrons. The van der Waals surface area contributed by atoms with Gasteiger partial charge in [-0.05, 0) is 46.6 Å². The van der Waals surface area contributed by atoms with E-state index in [-0.39, 0.29) is 0 Å². The Morgan fingerprint density at radius 1 is 1.44 bits per heavy atom. The minimum atomic E-state index is -1.26. The Kier molecular flexibility index (Phi) is 4.74. The number of carbonyl (C=O) groups excluding carboxylic acids is 1. The van der Waals surface area contributed by atoms with E-state index in [0.29, 0.717) is 25.5 Å². The first-order chi connectivity index (χ1) is 7.49. The summed E-state index contributed by atoms with van der Waals surface area (Å²) < 4.78 is 4.93. The van der Waals surface area contributed by atoms with Crippen LogP contribution in [0, 0.1) is 0 Å². The zero-order chi connectivity index (χ0) is 12.2. The Morgan fingerprint density at radius 3 is 2.69 bits per heavy atom. The molecule has 16 heavy (non-hydrogen) atoms. The Hall–Kier alpha value is -0.610. The lowest BCUT2D eigenvalue weighted by molar-refractivity contribution is -0.166. The first kappa shape index (κ1) is 13.5. The number of rotatable bonds is 3. The standard InChI is InChI=1S/C12H23NO3/c1-4-16-11(14)12(15)6-5-8-13(9-7-12)10(2)3/h10,15H,4-9H2,1-3H3. The topological polar surface area (TPSA) is 49.8 Å². The molecule has 0 aliphatic carbocycles. The second-order valence-electron chi connectivity index (χ2n) is 4.74. The number of nitrogens with zero attached hydrogens (tertiary/aromatic N) is 1. The zero-order valence-corrected chi connectivity index (χ0v) is 10.5. The number of aliphatic hydroxyl groups is 1. The molecule has 1 aliphatic heterocycles. The van der Waals surface area contributed by atoms with Gasteiger partial charge >= 0.3 is 5.97 Å². The zero-order valence-electron chi connectivity index (χ0n) is 10.5. The van der Waals surface area contributed by atoms with E-state index in [2.05, 4.69) is 18.7 Å². The predicted molar refractivity (Wildman–Crippen MR) is 62.1 cm³/mol. The van der Waals surface area contributed by atoms with E-state index in [4.69, 9.17) is 4.74 Å². The van der Waals surface area contributed by atoms with Crippen molar-refractivity contribution in [2.24, 2.45) is 0 Å². The number of hydrogen-bond donors (Lipinski definition) is 1. The monoisotopic (exact) mass is 229 g/mol. The molecule has 4 heteroatoms. The molecule has 0 bridgehead atoms. The molecule has 4 nitrogen and oxygen atoms in total. The number of hydrogen-bond acceptors (Lipinski definition) is 4. The van der Waals surface area contributed by atoms with Crippen molar-refractivity contribution in [1.29, 1.82) is 0 Å². The van der Waals surface area contributed by atoms with Crippen LogP contribution in [0.25, 0.3) is 0 Å². The molecule has 1 rings (SSSR count). The van der Waals surface area contributed by atoms with Crippen molar-refractivity contribution in [2.45, 2.75) is 51.7 Å². The highest BCUT2D eigenvalue weighted by molar-refractivity contribution is 5.79. The summed E-state index contributed by atoms with van der Waals surface area (Å²) in [6.07, 6.45) is 1.83. The number of esters is 1. The van der Waals surface area contributed by atoms with Gasteiger partial charge < -0.3 is 14.7 Å². The minimum absolute atomic E-state index is 0.328. The van der Waals surface area contributed by atoms with Gasteiger partial charge in [-0.15, -0.1) is 0 Å². The molecule has 1 heterocycles. The lowest BCUT2D eigenvalue weighted by Gasteiger charge is -2.26. The van der Waals surface area contributed by atoms with Gasteiger partial charge in [0, 0.05) is 12.6 Å². The van der Waals surface area contributed by atoms with Crippen molar-refractivity contribution in [3.05, 3.63) is 0 Å². The molecule has 0 aromatic rings. The maximum atomic E-state index is 11.7. The normalized spacial score (nSPS) is 27.8. The van der Waals surface area contributed by atoms with Crippen molar-refractivity contribution < 1.29 is 14.6 Å². The van der Waals surface area contributed by atoms with E-state index in [0.717, 1.165) is 19.5 Å². The van der Waals surface area contributed by atoms with Gasteiger partial charge in [0.15, 0.2) is 5.60 Å². The van der Waals surface area contributed by atoms with Crippen molar-refractivity contribution >= 4 is 5.97 Å². The van der Waals surface area contributed by atoms with E-state index in [1.807, 2.05) is 0 Å². The molecule has 1 unspecified atom stereocenters. The Labute approximate surface area is 97.6 Å². The van der Waals surface area contributed by atoms with Crippen LogP contribution in [0.4, 0.5) is 0 Å². The van der Waals surface area contributed by atoms with Crippen LogP contribution in [0.3, 0.4) is 0 Å².